The number of carbonyl (C=O) groups excluding carboxylic acids is 2. The smallest absolute Gasteiger partial charge is 0.247 e. The summed E-state index contributed by atoms with van der Waals surface area (Å²) in [6, 6.07) is 30.4. The van der Waals surface area contributed by atoms with E-state index >= 15 is 0 Å². The molecule has 0 N–H and O–H groups in total. The number of rotatable bonds is 6. The molecule has 0 spiro atoms. The van der Waals surface area contributed by atoms with E-state index in [2.05, 4.69) is 64.2 Å². The van der Waals surface area contributed by atoms with E-state index in [4.69, 9.17) is 4.98 Å². The molecule has 0 radical (unpaired) electrons. The van der Waals surface area contributed by atoms with Crippen molar-refractivity contribution < 1.29 is 9.59 Å². The zero-order valence-corrected chi connectivity index (χ0v) is 22.3. The van der Waals surface area contributed by atoms with E-state index in [0.717, 1.165) is 36.2 Å². The molecular weight excluding hydrogens is 498 g/mol. The van der Waals surface area contributed by atoms with Crippen LogP contribution in [-0.2, 0) is 29.2 Å². The molecule has 2 aliphatic rings. The van der Waals surface area contributed by atoms with Gasteiger partial charge in [0.15, 0.2) is 0 Å². The summed E-state index contributed by atoms with van der Waals surface area (Å²) in [7, 11) is 0. The van der Waals surface area contributed by atoms with Gasteiger partial charge in [-0.15, -0.1) is 0 Å². The number of aromatic nitrogens is 2. The number of amides is 2. The number of piperazine rings is 2. The number of fused-ring (bicyclic) bond motifs is 3. The van der Waals surface area contributed by atoms with Gasteiger partial charge in [0.25, 0.3) is 0 Å². The fourth-order valence-corrected chi connectivity index (χ4v) is 6.16. The van der Waals surface area contributed by atoms with E-state index in [-0.39, 0.29) is 18.4 Å². The number of para-hydroxylation sites is 2. The SMILES string of the molecule is O=C1C2CN(Cc3cn(Cc4ccccc4)c4ccccc34)CCN2C(=O)CN1Cc1ccc2ccccc2n1. The van der Waals surface area contributed by atoms with Crippen molar-refractivity contribution in [3.05, 3.63) is 114 Å². The van der Waals surface area contributed by atoms with Gasteiger partial charge in [0, 0.05) is 55.2 Å². The number of nitrogens with zero attached hydrogens (tertiary/aromatic N) is 5. The molecule has 3 aromatic carbocycles. The van der Waals surface area contributed by atoms with Crippen molar-refractivity contribution in [2.45, 2.75) is 25.7 Å². The quantitative estimate of drug-likeness (QED) is 0.329. The maximum atomic E-state index is 13.7. The molecule has 2 fully saturated rings. The van der Waals surface area contributed by atoms with E-state index in [1.54, 1.807) is 9.80 Å². The Balaban J connectivity index is 1.09. The van der Waals surface area contributed by atoms with Gasteiger partial charge in [0.05, 0.1) is 17.8 Å². The molecule has 40 heavy (non-hydrogen) atoms. The predicted molar refractivity (Wildman–Crippen MR) is 155 cm³/mol. The van der Waals surface area contributed by atoms with E-state index in [0.29, 0.717) is 19.6 Å². The first-order chi connectivity index (χ1) is 19.6. The first-order valence-corrected chi connectivity index (χ1v) is 13.9. The number of pyridine rings is 1. The predicted octanol–water partition coefficient (Wildman–Crippen LogP) is 4.29. The van der Waals surface area contributed by atoms with Crippen LogP contribution in [0.4, 0.5) is 0 Å². The minimum Gasteiger partial charge on any atom is -0.343 e. The highest BCUT2D eigenvalue weighted by molar-refractivity contribution is 5.95. The molecule has 0 aliphatic carbocycles. The first-order valence-electron chi connectivity index (χ1n) is 13.9. The van der Waals surface area contributed by atoms with Crippen LogP contribution >= 0.6 is 0 Å². The number of hydrogen-bond donors (Lipinski definition) is 0. The van der Waals surface area contributed by atoms with Gasteiger partial charge >= 0.3 is 0 Å². The van der Waals surface area contributed by atoms with Crippen LogP contribution in [0.3, 0.4) is 0 Å². The van der Waals surface area contributed by atoms with Crippen molar-refractivity contribution in [2.24, 2.45) is 0 Å². The third kappa shape index (κ3) is 4.62. The highest BCUT2D eigenvalue weighted by Gasteiger charge is 2.42. The Morgan fingerprint density at radius 3 is 2.48 bits per heavy atom. The maximum absolute atomic E-state index is 13.7. The minimum atomic E-state index is -0.465. The summed E-state index contributed by atoms with van der Waals surface area (Å²) in [5.41, 5.74) is 5.40. The van der Waals surface area contributed by atoms with Gasteiger partial charge in [0.2, 0.25) is 11.8 Å². The van der Waals surface area contributed by atoms with E-state index in [1.807, 2.05) is 42.5 Å². The Morgan fingerprint density at radius 2 is 1.57 bits per heavy atom. The van der Waals surface area contributed by atoms with E-state index < -0.39 is 6.04 Å². The maximum Gasteiger partial charge on any atom is 0.247 e. The average Bonchev–Trinajstić information content (AvgIpc) is 3.33. The lowest BCUT2D eigenvalue weighted by molar-refractivity contribution is -0.160. The largest absolute Gasteiger partial charge is 0.343 e. The summed E-state index contributed by atoms with van der Waals surface area (Å²) < 4.78 is 2.31. The third-order valence-electron chi connectivity index (χ3n) is 8.18. The Labute approximate surface area is 233 Å². The highest BCUT2D eigenvalue weighted by atomic mass is 16.2. The van der Waals surface area contributed by atoms with Crippen molar-refractivity contribution in [1.82, 2.24) is 24.3 Å². The van der Waals surface area contributed by atoms with Crippen LogP contribution in [-0.4, -0.2) is 68.3 Å². The van der Waals surface area contributed by atoms with Crippen molar-refractivity contribution in [2.75, 3.05) is 26.2 Å². The first kappa shape index (κ1) is 24.5. The molecule has 2 aromatic heterocycles. The number of carbonyl (C=O) groups is 2. The molecule has 5 aromatic rings. The molecule has 2 amide bonds. The molecule has 1 unspecified atom stereocenters. The molecule has 2 aliphatic heterocycles. The Hall–Kier alpha value is -4.49. The topological polar surface area (TPSA) is 61.7 Å². The third-order valence-corrected chi connectivity index (χ3v) is 8.18. The molecule has 7 rings (SSSR count). The van der Waals surface area contributed by atoms with Crippen LogP contribution in [0, 0.1) is 0 Å². The number of benzene rings is 3. The summed E-state index contributed by atoms with van der Waals surface area (Å²) in [5.74, 6) is 0.0234. The summed E-state index contributed by atoms with van der Waals surface area (Å²) >= 11 is 0. The monoisotopic (exact) mass is 529 g/mol. The molecular formula is C33H31N5O2. The fraction of sp³-hybridized carbons (Fsp3) is 0.242. The van der Waals surface area contributed by atoms with Crippen LogP contribution in [0.2, 0.25) is 0 Å². The van der Waals surface area contributed by atoms with Gasteiger partial charge in [-0.3, -0.25) is 19.5 Å². The molecule has 4 heterocycles. The Morgan fingerprint density at radius 1 is 0.775 bits per heavy atom. The average molecular weight is 530 g/mol. The van der Waals surface area contributed by atoms with Gasteiger partial charge in [-0.05, 0) is 29.3 Å². The van der Waals surface area contributed by atoms with Crippen molar-refractivity contribution in [3.63, 3.8) is 0 Å². The summed E-state index contributed by atoms with van der Waals surface area (Å²) in [6.45, 7) is 3.84. The summed E-state index contributed by atoms with van der Waals surface area (Å²) in [6.07, 6.45) is 2.25. The van der Waals surface area contributed by atoms with E-state index in [1.165, 1.54) is 22.0 Å². The second-order valence-electron chi connectivity index (χ2n) is 10.8. The second-order valence-corrected chi connectivity index (χ2v) is 10.8. The molecule has 0 saturated carbocycles. The standard InChI is InChI=1S/C33H31N5O2/c39-32-23-37(21-27-15-14-25-10-4-6-12-29(25)34-27)33(40)31-22-35(16-17-38(31)32)19-26-20-36(18-24-8-2-1-3-9-24)30-13-7-5-11-28(26)30/h1-15,20,31H,16-19,21-23H2. The van der Waals surface area contributed by atoms with Gasteiger partial charge in [-0.1, -0.05) is 72.8 Å². The minimum absolute atomic E-state index is 0.00534. The van der Waals surface area contributed by atoms with Gasteiger partial charge in [-0.2, -0.15) is 0 Å². The van der Waals surface area contributed by atoms with Crippen molar-refractivity contribution in [3.8, 4) is 0 Å². The molecule has 7 nitrogen and oxygen atoms in total. The van der Waals surface area contributed by atoms with Crippen LogP contribution < -0.4 is 0 Å². The molecule has 200 valence electrons. The van der Waals surface area contributed by atoms with Crippen LogP contribution in [0.1, 0.15) is 16.8 Å². The highest BCUT2D eigenvalue weighted by Crippen LogP contribution is 2.26. The molecule has 0 bridgehead atoms. The second kappa shape index (κ2) is 10.2. The zero-order chi connectivity index (χ0) is 27.1. The van der Waals surface area contributed by atoms with Crippen molar-refractivity contribution in [1.29, 1.82) is 0 Å². The lowest BCUT2D eigenvalue weighted by Gasteiger charge is -2.46. The normalized spacial score (nSPS) is 18.1. The molecule has 2 saturated heterocycles. The van der Waals surface area contributed by atoms with Crippen LogP contribution in [0.15, 0.2) is 97.2 Å². The summed E-state index contributed by atoms with van der Waals surface area (Å²) in [5, 5.41) is 2.29. The zero-order valence-electron chi connectivity index (χ0n) is 22.3. The van der Waals surface area contributed by atoms with Gasteiger partial charge in [0.1, 0.15) is 12.6 Å². The van der Waals surface area contributed by atoms with Crippen LogP contribution in [0.25, 0.3) is 21.8 Å². The molecule has 1 atom stereocenters. The van der Waals surface area contributed by atoms with Gasteiger partial charge in [-0.25, -0.2) is 0 Å². The lowest BCUT2D eigenvalue weighted by Crippen LogP contribution is -2.66. The number of hydrogen-bond acceptors (Lipinski definition) is 4. The lowest BCUT2D eigenvalue weighted by atomic mass is 10.1. The van der Waals surface area contributed by atoms with Gasteiger partial charge < -0.3 is 14.4 Å². The van der Waals surface area contributed by atoms with E-state index in [9.17, 15) is 9.59 Å². The Kier molecular flexibility index (Phi) is 6.28. The summed E-state index contributed by atoms with van der Waals surface area (Å²) in [4.78, 5) is 37.3. The molecule has 7 heteroatoms. The van der Waals surface area contributed by atoms with Crippen molar-refractivity contribution >= 4 is 33.6 Å². The fourth-order valence-electron chi connectivity index (χ4n) is 6.16. The Bertz CT molecular complexity index is 1710. The van der Waals surface area contributed by atoms with Crippen LogP contribution in [0.5, 0.6) is 0 Å².